The molecule has 11 rings (SSSR count). The summed E-state index contributed by atoms with van der Waals surface area (Å²) in [5, 5.41) is 19.8. The van der Waals surface area contributed by atoms with E-state index in [0.717, 1.165) is 48.5 Å². The number of urea groups is 1. The number of carbonyl (C=O) groups is 5. The van der Waals surface area contributed by atoms with Crippen molar-refractivity contribution in [3.63, 3.8) is 0 Å². The first-order chi connectivity index (χ1) is 33.4. The van der Waals surface area contributed by atoms with Crippen molar-refractivity contribution in [2.24, 2.45) is 7.05 Å². The largest absolute Gasteiger partial charge is 0.369 e. The number of carbonyl (C=O) groups excluding carboxylic acids is 5. The van der Waals surface area contributed by atoms with E-state index < -0.39 is 35.5 Å². The van der Waals surface area contributed by atoms with Gasteiger partial charge in [-0.3, -0.25) is 49.4 Å². The molecule has 1 atom stereocenters. The van der Waals surface area contributed by atoms with Crippen LogP contribution in [0.2, 0.25) is 0 Å². The molecule has 3 saturated heterocycles. The first-order valence-corrected chi connectivity index (χ1v) is 23.5. The molecule has 3 aromatic heterocycles. The van der Waals surface area contributed by atoms with Gasteiger partial charge in [-0.1, -0.05) is 12.1 Å². The van der Waals surface area contributed by atoms with Crippen molar-refractivity contribution in [3.05, 3.63) is 113 Å². The molecule has 18 nitrogen and oxygen atoms in total. The highest BCUT2D eigenvalue weighted by molar-refractivity contribution is 7.13. The molecule has 7 aromatic rings. The van der Waals surface area contributed by atoms with Gasteiger partial charge in [-0.05, 0) is 65.7 Å². The Morgan fingerprint density at radius 3 is 2.36 bits per heavy atom. The molecule has 3 fully saturated rings. The number of aryl methyl sites for hydroxylation is 1. The molecule has 69 heavy (non-hydrogen) atoms. The van der Waals surface area contributed by atoms with E-state index in [1.165, 1.54) is 51.7 Å². The lowest BCUT2D eigenvalue weighted by Gasteiger charge is -2.39. The van der Waals surface area contributed by atoms with Crippen molar-refractivity contribution < 1.29 is 32.8 Å². The van der Waals surface area contributed by atoms with Gasteiger partial charge >= 0.3 is 6.03 Å². The standard InChI is InChI=1S/C48H45F2N13O5S/c1-57-39-24-33(6-7-34(39)44(56-57)62-10-8-40(64)53-48(62)68)60-13-11-58(12-14-60)27-41(65)61-17-15-59(16-18-61)32-4-2-28(3-5-32)29-21-35-37(38(50)22-29)26-63(46(35)67)43(45(66)54-47-51-9-19-69-47)36-23-31(49)20-30-25-52-55-42(30)36/h2-7,9,19-25,43H,8,10-18,26-27H2,1H3,(H,52,55)(H,51,54,66)(H,53,64,68). The van der Waals surface area contributed by atoms with E-state index in [-0.39, 0.29) is 48.0 Å². The number of fused-ring (bicyclic) bond motifs is 3. The molecule has 0 aliphatic carbocycles. The highest BCUT2D eigenvalue weighted by atomic mass is 32.1. The lowest BCUT2D eigenvalue weighted by molar-refractivity contribution is -0.132. The normalized spacial score (nSPS) is 17.3. The van der Waals surface area contributed by atoms with E-state index in [1.54, 1.807) is 16.1 Å². The SMILES string of the molecule is Cn1nc(N2CCC(=O)NC2=O)c2ccc(N3CCN(CC(=O)N4CCN(c5ccc(-c6cc(F)c7c(c6)C(=O)N(C(C(=O)Nc6nccs6)c6cc(F)cc8cn[nH]c68)C7)cc5)CC4)CC3)cc21. The summed E-state index contributed by atoms with van der Waals surface area (Å²) in [7, 11) is 1.84. The molecule has 21 heteroatoms. The molecule has 0 spiro atoms. The monoisotopic (exact) mass is 953 g/mol. The molecule has 4 aromatic carbocycles. The summed E-state index contributed by atoms with van der Waals surface area (Å²) < 4.78 is 32.7. The minimum atomic E-state index is -1.34. The number of hydrogen-bond donors (Lipinski definition) is 3. The highest BCUT2D eigenvalue weighted by Gasteiger charge is 2.41. The zero-order chi connectivity index (χ0) is 47.5. The Balaban J connectivity index is 0.702. The number of nitrogens with zero attached hydrogens (tertiary/aromatic N) is 10. The highest BCUT2D eigenvalue weighted by Crippen LogP contribution is 2.39. The molecule has 7 heterocycles. The summed E-state index contributed by atoms with van der Waals surface area (Å²) in [6.07, 6.45) is 3.18. The summed E-state index contributed by atoms with van der Waals surface area (Å²) in [6, 6.07) is 17.4. The van der Waals surface area contributed by atoms with Crippen LogP contribution in [0.5, 0.6) is 0 Å². The van der Waals surface area contributed by atoms with Crippen LogP contribution in [0.1, 0.15) is 33.9 Å². The molecule has 4 aliphatic rings. The molecule has 4 aliphatic heterocycles. The third-order valence-corrected chi connectivity index (χ3v) is 14.2. The fourth-order valence-electron chi connectivity index (χ4n) is 9.86. The first-order valence-electron chi connectivity index (χ1n) is 22.6. The van der Waals surface area contributed by atoms with Crippen LogP contribution in [-0.2, 0) is 28.0 Å². The number of thiazole rings is 1. The van der Waals surface area contributed by atoms with Crippen LogP contribution in [0.15, 0.2) is 84.5 Å². The molecular formula is C48H45F2N13O5S. The van der Waals surface area contributed by atoms with Crippen LogP contribution < -0.4 is 25.3 Å². The summed E-state index contributed by atoms with van der Waals surface area (Å²) >= 11 is 1.19. The third-order valence-electron chi connectivity index (χ3n) is 13.5. The van der Waals surface area contributed by atoms with Crippen molar-refractivity contribution in [1.29, 1.82) is 0 Å². The lowest BCUT2D eigenvalue weighted by Crippen LogP contribution is -2.54. The number of H-pyrrole nitrogens is 1. The number of imide groups is 1. The van der Waals surface area contributed by atoms with E-state index >= 15 is 4.39 Å². The number of piperazine rings is 2. The average Bonchev–Trinajstić information content (AvgIpc) is 4.17. The fraction of sp³-hybridized carbons (Fsp3) is 0.292. The number of aromatic amines is 1. The van der Waals surface area contributed by atoms with E-state index in [4.69, 9.17) is 0 Å². The Bertz CT molecular complexity index is 3180. The minimum Gasteiger partial charge on any atom is -0.369 e. The Labute approximate surface area is 397 Å². The smallest absolute Gasteiger partial charge is 0.329 e. The second-order valence-corrected chi connectivity index (χ2v) is 18.5. The third kappa shape index (κ3) is 8.26. The number of aromatic nitrogens is 5. The zero-order valence-electron chi connectivity index (χ0n) is 37.3. The van der Waals surface area contributed by atoms with Gasteiger partial charge in [0.2, 0.25) is 11.8 Å². The molecule has 352 valence electrons. The summed E-state index contributed by atoms with van der Waals surface area (Å²) in [5.74, 6) is -2.10. The van der Waals surface area contributed by atoms with Crippen LogP contribution in [0.25, 0.3) is 32.9 Å². The molecule has 0 saturated carbocycles. The zero-order valence-corrected chi connectivity index (χ0v) is 38.1. The Kier molecular flexibility index (Phi) is 11.2. The van der Waals surface area contributed by atoms with Crippen molar-refractivity contribution in [3.8, 4) is 11.1 Å². The molecular weight excluding hydrogens is 909 g/mol. The van der Waals surface area contributed by atoms with Crippen LogP contribution in [0, 0.1) is 11.6 Å². The van der Waals surface area contributed by atoms with E-state index in [9.17, 15) is 28.4 Å². The molecule has 0 radical (unpaired) electrons. The number of nitrogens with one attached hydrogen (secondary N) is 3. The van der Waals surface area contributed by atoms with E-state index in [1.807, 2.05) is 48.3 Å². The van der Waals surface area contributed by atoms with Gasteiger partial charge < -0.3 is 19.6 Å². The minimum absolute atomic E-state index is 0.0921. The van der Waals surface area contributed by atoms with Gasteiger partial charge in [-0.25, -0.2) is 18.6 Å². The number of hydrogen-bond acceptors (Lipinski definition) is 12. The van der Waals surface area contributed by atoms with Gasteiger partial charge in [0, 0.05) is 123 Å². The Morgan fingerprint density at radius 2 is 1.61 bits per heavy atom. The number of halogens is 2. The fourth-order valence-corrected chi connectivity index (χ4v) is 10.4. The van der Waals surface area contributed by atoms with Crippen molar-refractivity contribution in [2.45, 2.75) is 19.0 Å². The number of anilines is 4. The van der Waals surface area contributed by atoms with Gasteiger partial charge in [0.25, 0.3) is 11.8 Å². The summed E-state index contributed by atoms with van der Waals surface area (Å²) in [4.78, 5) is 81.4. The molecule has 0 bridgehead atoms. The van der Waals surface area contributed by atoms with Gasteiger partial charge in [-0.15, -0.1) is 11.3 Å². The lowest BCUT2D eigenvalue weighted by atomic mass is 9.99. The predicted molar refractivity (Wildman–Crippen MR) is 255 cm³/mol. The number of rotatable bonds is 10. The first kappa shape index (κ1) is 43.8. The molecule has 1 unspecified atom stereocenters. The van der Waals surface area contributed by atoms with Crippen molar-refractivity contribution >= 4 is 85.1 Å². The second-order valence-electron chi connectivity index (χ2n) is 17.6. The Hall–Kier alpha value is -7.78. The summed E-state index contributed by atoms with van der Waals surface area (Å²) in [6.45, 7) is 5.77. The molecule has 6 amide bonds. The van der Waals surface area contributed by atoms with Gasteiger partial charge in [0.15, 0.2) is 10.9 Å². The van der Waals surface area contributed by atoms with Crippen LogP contribution in [0.3, 0.4) is 0 Å². The summed E-state index contributed by atoms with van der Waals surface area (Å²) in [5.41, 5.74) is 4.86. The maximum absolute atomic E-state index is 16.0. The second kappa shape index (κ2) is 17.7. The topological polar surface area (TPSA) is 188 Å². The van der Waals surface area contributed by atoms with Gasteiger partial charge in [0.1, 0.15) is 17.7 Å². The van der Waals surface area contributed by atoms with Crippen molar-refractivity contribution in [1.82, 2.24) is 45.0 Å². The van der Waals surface area contributed by atoms with Crippen LogP contribution >= 0.6 is 11.3 Å². The van der Waals surface area contributed by atoms with Crippen LogP contribution in [-0.4, -0.2) is 135 Å². The predicted octanol–water partition coefficient (Wildman–Crippen LogP) is 5.10. The Morgan fingerprint density at radius 1 is 0.855 bits per heavy atom. The number of benzene rings is 4. The van der Waals surface area contributed by atoms with Gasteiger partial charge in [0.05, 0.1) is 30.3 Å². The average molecular weight is 954 g/mol. The number of amides is 6. The maximum Gasteiger partial charge on any atom is 0.329 e. The maximum atomic E-state index is 16.0. The van der Waals surface area contributed by atoms with Crippen LogP contribution in [0.4, 0.5) is 35.9 Å². The van der Waals surface area contributed by atoms with Gasteiger partial charge in [-0.2, -0.15) is 10.2 Å². The van der Waals surface area contributed by atoms with Crippen molar-refractivity contribution in [2.75, 3.05) is 85.5 Å². The van der Waals surface area contributed by atoms with E-state index in [2.05, 4.69) is 51.7 Å². The molecule has 3 N–H and O–H groups in total. The van der Waals surface area contributed by atoms with E-state index in [0.29, 0.717) is 65.7 Å². The quantitative estimate of drug-likeness (QED) is 0.166.